The van der Waals surface area contributed by atoms with Crippen molar-refractivity contribution in [1.29, 1.82) is 0 Å². The summed E-state index contributed by atoms with van der Waals surface area (Å²) in [6.07, 6.45) is 5.69. The average molecular weight is 476 g/mol. The van der Waals surface area contributed by atoms with Crippen LogP contribution in [0.15, 0.2) is 12.1 Å². The lowest BCUT2D eigenvalue weighted by Crippen LogP contribution is -2.27. The molecule has 2 aromatic heterocycles. The molecule has 2 fully saturated rings. The minimum atomic E-state index is -4.16. The Bertz CT molecular complexity index is 888. The molecule has 2 aliphatic rings. The Labute approximate surface area is 186 Å². The van der Waals surface area contributed by atoms with Crippen LogP contribution in [0.1, 0.15) is 50.3 Å². The summed E-state index contributed by atoms with van der Waals surface area (Å²) in [6.45, 7) is -0.00948. The number of nitrogens with one attached hydrogen (secondary N) is 1. The van der Waals surface area contributed by atoms with Crippen LogP contribution in [-0.2, 0) is 14.2 Å². The van der Waals surface area contributed by atoms with E-state index in [4.69, 9.17) is 25.8 Å². The first-order valence-electron chi connectivity index (χ1n) is 10.5. The zero-order valence-electron chi connectivity index (χ0n) is 17.4. The fraction of sp³-hybridized carbons (Fsp3) is 0.684. The molecule has 3 atom stereocenters. The summed E-state index contributed by atoms with van der Waals surface area (Å²) < 4.78 is 18.3. The van der Waals surface area contributed by atoms with E-state index in [0.717, 1.165) is 42.7 Å². The quantitative estimate of drug-likeness (QED) is 0.404. The predicted molar refractivity (Wildman–Crippen MR) is 116 cm³/mol. The van der Waals surface area contributed by atoms with Crippen LogP contribution in [0.25, 0.3) is 5.52 Å². The summed E-state index contributed by atoms with van der Waals surface area (Å²) in [4.78, 5) is 32.9. The molecule has 1 saturated heterocycles. The largest absolute Gasteiger partial charge is 0.437 e. The summed E-state index contributed by atoms with van der Waals surface area (Å²) in [7, 11) is -2.77. The second-order valence-corrected chi connectivity index (χ2v) is 10.2. The van der Waals surface area contributed by atoms with Gasteiger partial charge in [-0.25, -0.2) is 4.52 Å². The van der Waals surface area contributed by atoms with Crippen LogP contribution < -0.4 is 5.32 Å². The molecule has 10 nitrogen and oxygen atoms in total. The monoisotopic (exact) mass is 475 g/mol. The first-order valence-corrected chi connectivity index (χ1v) is 12.6. The van der Waals surface area contributed by atoms with Crippen molar-refractivity contribution >= 4 is 30.9 Å². The average Bonchev–Trinajstić information content (AvgIpc) is 3.44. The van der Waals surface area contributed by atoms with Gasteiger partial charge in [0.1, 0.15) is 18.2 Å². The molecule has 2 aromatic rings. The summed E-state index contributed by atoms with van der Waals surface area (Å²) in [6, 6.07) is 4.33. The van der Waals surface area contributed by atoms with Gasteiger partial charge in [0.25, 0.3) is 5.85 Å². The molecular formula is C19H29ClN4O6P+. The molecule has 1 saturated carbocycles. The number of halogens is 1. The minimum absolute atomic E-state index is 0.113. The van der Waals surface area contributed by atoms with Gasteiger partial charge in [0, 0.05) is 13.2 Å². The normalized spacial score (nSPS) is 23.6. The number of ether oxygens (including phenoxy) is 3. The van der Waals surface area contributed by atoms with Crippen molar-refractivity contribution in [2.75, 3.05) is 25.6 Å². The predicted octanol–water partition coefficient (Wildman–Crippen LogP) is 2.69. The van der Waals surface area contributed by atoms with Gasteiger partial charge in [0.2, 0.25) is 5.28 Å². The Morgan fingerprint density at radius 1 is 1.26 bits per heavy atom. The lowest BCUT2D eigenvalue weighted by atomic mass is 10.1. The van der Waals surface area contributed by atoms with Gasteiger partial charge in [-0.1, -0.05) is 12.8 Å². The number of anilines is 1. The number of methoxy groups -OCH3 is 1. The lowest BCUT2D eigenvalue weighted by Gasteiger charge is -2.19. The summed E-state index contributed by atoms with van der Waals surface area (Å²) in [5, 5.41) is 8.05. The number of fused-ring (bicyclic) bond motifs is 1. The summed E-state index contributed by atoms with van der Waals surface area (Å²) in [5.41, 5.74) is 1.73. The fourth-order valence-electron chi connectivity index (χ4n) is 4.26. The molecule has 31 heavy (non-hydrogen) atoms. The molecule has 4 rings (SSSR count). The van der Waals surface area contributed by atoms with E-state index in [9.17, 15) is 14.7 Å². The van der Waals surface area contributed by atoms with Crippen LogP contribution in [0.4, 0.5) is 5.82 Å². The van der Waals surface area contributed by atoms with Crippen LogP contribution in [0.2, 0.25) is 5.28 Å². The van der Waals surface area contributed by atoms with E-state index in [1.807, 2.05) is 12.1 Å². The summed E-state index contributed by atoms with van der Waals surface area (Å²) >= 11 is 6.21. The maximum absolute atomic E-state index is 9.50. The van der Waals surface area contributed by atoms with E-state index in [2.05, 4.69) is 15.4 Å². The SMILES string of the molecule is COCC(OC[C@@H]1CC[C@H](c2ccc3c(NC4CCCC4)nc(Cl)nn23)O1)[P+](O)(O)O. The second-order valence-electron chi connectivity index (χ2n) is 8.09. The van der Waals surface area contributed by atoms with E-state index in [1.54, 1.807) is 4.52 Å². The number of hydrogen-bond acceptors (Lipinski definition) is 9. The standard InChI is InChI=1S/C19H29ClN4O6P/c1-28-11-17(31(25,26)27)29-10-13-6-9-16(30-13)14-7-8-15-18(21-12-4-2-3-5-12)22-19(20)23-24(14)15/h7-8,12-13,16-17,25-27H,2-6,9-11H2,1H3,(H,21,22,23)/q+1/t13-,16+,17?/m0/s1. The maximum atomic E-state index is 9.50. The molecule has 3 heterocycles. The molecule has 1 aliphatic heterocycles. The van der Waals surface area contributed by atoms with Crippen LogP contribution in [0.5, 0.6) is 0 Å². The van der Waals surface area contributed by atoms with Gasteiger partial charge >= 0.3 is 7.94 Å². The highest BCUT2D eigenvalue weighted by atomic mass is 35.5. The van der Waals surface area contributed by atoms with Gasteiger partial charge in [-0.2, -0.15) is 19.7 Å². The first kappa shape index (κ1) is 23.1. The van der Waals surface area contributed by atoms with Crippen molar-refractivity contribution in [3.63, 3.8) is 0 Å². The molecule has 12 heteroatoms. The van der Waals surface area contributed by atoms with E-state index in [-0.39, 0.29) is 30.7 Å². The van der Waals surface area contributed by atoms with E-state index in [1.165, 1.54) is 20.0 Å². The van der Waals surface area contributed by atoms with Gasteiger partial charge < -0.3 is 19.5 Å². The fourth-order valence-corrected chi connectivity index (χ4v) is 5.05. The molecule has 172 valence electrons. The molecule has 1 aliphatic carbocycles. The zero-order chi connectivity index (χ0) is 22.0. The van der Waals surface area contributed by atoms with Gasteiger partial charge in [-0.05, 0) is 49.4 Å². The van der Waals surface area contributed by atoms with Crippen molar-refractivity contribution in [3.8, 4) is 0 Å². The third-order valence-electron chi connectivity index (χ3n) is 5.82. The van der Waals surface area contributed by atoms with Crippen molar-refractivity contribution in [3.05, 3.63) is 23.1 Å². The zero-order valence-corrected chi connectivity index (χ0v) is 19.0. The molecule has 0 aromatic carbocycles. The van der Waals surface area contributed by atoms with Crippen molar-refractivity contribution in [1.82, 2.24) is 14.6 Å². The van der Waals surface area contributed by atoms with Gasteiger partial charge in [-0.3, -0.25) is 0 Å². The van der Waals surface area contributed by atoms with Gasteiger partial charge in [0.15, 0.2) is 5.82 Å². The topological polar surface area (TPSA) is 131 Å². The second kappa shape index (κ2) is 9.80. The number of hydrogen-bond donors (Lipinski definition) is 4. The Balaban J connectivity index is 1.44. The molecule has 0 radical (unpaired) electrons. The summed E-state index contributed by atoms with van der Waals surface area (Å²) in [5.74, 6) is -0.461. The van der Waals surface area contributed by atoms with Gasteiger partial charge in [0.05, 0.1) is 18.4 Å². The van der Waals surface area contributed by atoms with Crippen molar-refractivity contribution in [2.24, 2.45) is 0 Å². The van der Waals surface area contributed by atoms with Crippen LogP contribution in [0.3, 0.4) is 0 Å². The highest BCUT2D eigenvalue weighted by Gasteiger charge is 2.45. The molecule has 1 unspecified atom stereocenters. The third-order valence-corrected chi connectivity index (χ3v) is 7.05. The molecular weight excluding hydrogens is 447 g/mol. The number of aromatic nitrogens is 3. The third kappa shape index (κ3) is 5.46. The lowest BCUT2D eigenvalue weighted by molar-refractivity contribution is -0.0464. The minimum Gasteiger partial charge on any atom is -0.378 e. The van der Waals surface area contributed by atoms with E-state index < -0.39 is 13.8 Å². The Hall–Kier alpha value is -1.10. The highest BCUT2D eigenvalue weighted by molar-refractivity contribution is 7.59. The molecule has 0 spiro atoms. The van der Waals surface area contributed by atoms with Gasteiger partial charge in [-0.15, -0.1) is 5.10 Å². The Morgan fingerprint density at radius 3 is 2.74 bits per heavy atom. The van der Waals surface area contributed by atoms with Crippen LogP contribution in [-0.4, -0.2) is 67.6 Å². The highest BCUT2D eigenvalue weighted by Crippen LogP contribution is 2.51. The molecule has 0 amide bonds. The number of nitrogens with zero attached hydrogens (tertiary/aromatic N) is 3. The van der Waals surface area contributed by atoms with Crippen LogP contribution in [0, 0.1) is 0 Å². The maximum Gasteiger partial charge on any atom is 0.437 e. The Kier molecular flexibility index (Phi) is 7.30. The smallest absolute Gasteiger partial charge is 0.378 e. The van der Waals surface area contributed by atoms with E-state index in [0.29, 0.717) is 6.04 Å². The Morgan fingerprint density at radius 2 is 2.03 bits per heavy atom. The van der Waals surface area contributed by atoms with Crippen molar-refractivity contribution < 1.29 is 28.9 Å². The van der Waals surface area contributed by atoms with E-state index >= 15 is 0 Å². The van der Waals surface area contributed by atoms with Crippen LogP contribution >= 0.6 is 19.5 Å². The molecule has 0 bridgehead atoms. The molecule has 4 N–H and O–H groups in total. The first-order chi connectivity index (χ1) is 14.8. The van der Waals surface area contributed by atoms with Crippen molar-refractivity contribution in [2.45, 2.75) is 62.6 Å². The number of rotatable bonds is 9.